The van der Waals surface area contributed by atoms with Crippen molar-refractivity contribution in [3.05, 3.63) is 35.0 Å². The highest BCUT2D eigenvalue weighted by Crippen LogP contribution is 2.45. The molecule has 3 nitrogen and oxygen atoms in total. The molecule has 106 valence electrons. The van der Waals surface area contributed by atoms with Crippen LogP contribution >= 0.6 is 0 Å². The number of carboxylic acid groups (broad SMARTS) is 1. The lowest BCUT2D eigenvalue weighted by atomic mass is 9.90. The minimum atomic E-state index is -0.693. The molecule has 0 bridgehead atoms. The van der Waals surface area contributed by atoms with Gasteiger partial charge in [0.25, 0.3) is 0 Å². The van der Waals surface area contributed by atoms with Gasteiger partial charge in [-0.2, -0.15) is 0 Å². The van der Waals surface area contributed by atoms with Crippen molar-refractivity contribution in [1.29, 1.82) is 0 Å². The number of fused-ring (bicyclic) bond motifs is 1. The summed E-state index contributed by atoms with van der Waals surface area (Å²) in [4.78, 5) is 11.1. The first-order valence-corrected chi connectivity index (χ1v) is 7.26. The number of aromatic nitrogens is 1. The number of benzene rings is 1. The van der Waals surface area contributed by atoms with Gasteiger partial charge in [-0.15, -0.1) is 0 Å². The van der Waals surface area contributed by atoms with Crippen LogP contribution in [0.3, 0.4) is 0 Å². The lowest BCUT2D eigenvalue weighted by molar-refractivity contribution is -0.137. The Morgan fingerprint density at radius 1 is 1.40 bits per heavy atom. The number of carbonyl (C=O) groups is 1. The highest BCUT2D eigenvalue weighted by Gasteiger charge is 2.33. The van der Waals surface area contributed by atoms with Gasteiger partial charge in [-0.05, 0) is 55.7 Å². The van der Waals surface area contributed by atoms with Gasteiger partial charge in [0.1, 0.15) is 0 Å². The molecule has 1 unspecified atom stereocenters. The highest BCUT2D eigenvalue weighted by atomic mass is 16.4. The molecule has 1 saturated carbocycles. The number of hydrogen-bond acceptors (Lipinski definition) is 1. The van der Waals surface area contributed by atoms with Gasteiger partial charge >= 0.3 is 5.97 Å². The molecule has 1 aliphatic carbocycles. The summed E-state index contributed by atoms with van der Waals surface area (Å²) in [5, 5.41) is 10.4. The van der Waals surface area contributed by atoms with Crippen molar-refractivity contribution in [2.75, 3.05) is 0 Å². The second-order valence-electron chi connectivity index (χ2n) is 6.09. The number of aliphatic carboxylic acids is 1. The van der Waals surface area contributed by atoms with E-state index in [0.29, 0.717) is 5.92 Å². The minimum absolute atomic E-state index is 0.174. The molecular weight excluding hydrogens is 250 g/mol. The third-order valence-electron chi connectivity index (χ3n) is 4.85. The van der Waals surface area contributed by atoms with Crippen molar-refractivity contribution in [2.45, 2.75) is 39.0 Å². The van der Waals surface area contributed by atoms with Crippen molar-refractivity contribution in [3.63, 3.8) is 0 Å². The van der Waals surface area contributed by atoms with Crippen LogP contribution in [0.25, 0.3) is 10.9 Å². The number of carboxylic acids is 1. The third-order valence-corrected chi connectivity index (χ3v) is 4.85. The average molecular weight is 271 g/mol. The smallest absolute Gasteiger partial charge is 0.303 e. The third kappa shape index (κ3) is 2.11. The molecule has 0 radical (unpaired) electrons. The molecular formula is C17H21NO2. The maximum absolute atomic E-state index is 11.1. The van der Waals surface area contributed by atoms with E-state index >= 15 is 0 Å². The monoisotopic (exact) mass is 271 g/mol. The van der Waals surface area contributed by atoms with Crippen LogP contribution in [-0.4, -0.2) is 15.6 Å². The van der Waals surface area contributed by atoms with Crippen molar-refractivity contribution in [3.8, 4) is 0 Å². The van der Waals surface area contributed by atoms with Crippen molar-refractivity contribution < 1.29 is 9.90 Å². The van der Waals surface area contributed by atoms with Gasteiger partial charge in [0.05, 0.1) is 6.42 Å². The molecule has 1 fully saturated rings. The summed E-state index contributed by atoms with van der Waals surface area (Å²) >= 11 is 0. The Labute approximate surface area is 119 Å². The second kappa shape index (κ2) is 4.65. The van der Waals surface area contributed by atoms with Gasteiger partial charge in [0.2, 0.25) is 0 Å². The molecule has 3 rings (SSSR count). The maximum Gasteiger partial charge on any atom is 0.303 e. The normalized spacial score (nSPS) is 16.6. The molecule has 1 aromatic heterocycles. The van der Waals surface area contributed by atoms with Crippen LogP contribution in [0.1, 0.15) is 42.0 Å². The molecule has 1 heterocycles. The van der Waals surface area contributed by atoms with E-state index in [1.165, 1.54) is 40.6 Å². The average Bonchev–Trinajstić information content (AvgIpc) is 3.23. The summed E-state index contributed by atoms with van der Waals surface area (Å²) in [5.74, 6) is 0.0414. The summed E-state index contributed by atoms with van der Waals surface area (Å²) in [6.45, 7) is 4.28. The fraction of sp³-hybridized carbons (Fsp3) is 0.471. The summed E-state index contributed by atoms with van der Waals surface area (Å²) < 4.78 is 2.21. The van der Waals surface area contributed by atoms with Crippen LogP contribution in [0.2, 0.25) is 0 Å². The number of aryl methyl sites for hydroxylation is 2. The largest absolute Gasteiger partial charge is 0.481 e. The zero-order chi connectivity index (χ0) is 14.4. The van der Waals surface area contributed by atoms with Gasteiger partial charge in [0.15, 0.2) is 0 Å². The summed E-state index contributed by atoms with van der Waals surface area (Å²) in [6, 6.07) is 6.48. The molecule has 1 aromatic carbocycles. The van der Waals surface area contributed by atoms with Crippen LogP contribution in [0, 0.1) is 19.8 Å². The first kappa shape index (κ1) is 13.2. The molecule has 0 aliphatic heterocycles. The molecule has 0 spiro atoms. The molecule has 1 atom stereocenters. The van der Waals surface area contributed by atoms with E-state index in [1.54, 1.807) is 0 Å². The summed E-state index contributed by atoms with van der Waals surface area (Å²) in [7, 11) is 2.08. The van der Waals surface area contributed by atoms with Crippen molar-refractivity contribution in [2.24, 2.45) is 13.0 Å². The van der Waals surface area contributed by atoms with Crippen molar-refractivity contribution in [1.82, 2.24) is 4.57 Å². The van der Waals surface area contributed by atoms with Gasteiger partial charge in [-0.3, -0.25) is 4.79 Å². The number of rotatable bonds is 4. The zero-order valence-corrected chi connectivity index (χ0v) is 12.3. The van der Waals surface area contributed by atoms with Crippen LogP contribution in [0.4, 0.5) is 0 Å². The Morgan fingerprint density at radius 2 is 2.10 bits per heavy atom. The molecule has 3 heteroatoms. The van der Waals surface area contributed by atoms with Crippen LogP contribution in [-0.2, 0) is 11.8 Å². The summed E-state index contributed by atoms with van der Waals surface area (Å²) in [6.07, 6.45) is 2.58. The van der Waals surface area contributed by atoms with E-state index in [-0.39, 0.29) is 12.3 Å². The van der Waals surface area contributed by atoms with Crippen LogP contribution in [0.5, 0.6) is 0 Å². The van der Waals surface area contributed by atoms with Gasteiger partial charge in [-0.1, -0.05) is 12.1 Å². The predicted octanol–water partition coefficient (Wildman–Crippen LogP) is 3.76. The molecule has 0 amide bonds. The first-order valence-electron chi connectivity index (χ1n) is 7.26. The van der Waals surface area contributed by atoms with E-state index < -0.39 is 5.97 Å². The fourth-order valence-corrected chi connectivity index (χ4v) is 3.24. The van der Waals surface area contributed by atoms with Crippen molar-refractivity contribution >= 4 is 16.9 Å². The topological polar surface area (TPSA) is 42.2 Å². The van der Waals surface area contributed by atoms with E-state index in [0.717, 1.165) is 0 Å². The SMILES string of the molecule is Cc1c(C)n(C)c2cc(C(CC(=O)O)C3CC3)ccc12. The lowest BCUT2D eigenvalue weighted by Gasteiger charge is -2.15. The van der Waals surface area contributed by atoms with Gasteiger partial charge in [0, 0.05) is 23.6 Å². The summed E-state index contributed by atoms with van der Waals surface area (Å²) in [5.41, 5.74) is 4.99. The standard InChI is InChI=1S/C17H21NO2/c1-10-11(2)18(3)16-8-13(6-7-14(10)16)15(9-17(19)20)12-4-5-12/h6-8,12,15H,4-5,9H2,1-3H3,(H,19,20). The second-order valence-corrected chi connectivity index (χ2v) is 6.09. The Morgan fingerprint density at radius 3 is 2.70 bits per heavy atom. The predicted molar refractivity (Wildman–Crippen MR) is 80.1 cm³/mol. The maximum atomic E-state index is 11.1. The van der Waals surface area contributed by atoms with E-state index in [2.05, 4.69) is 43.7 Å². The molecule has 20 heavy (non-hydrogen) atoms. The Hall–Kier alpha value is -1.77. The van der Waals surface area contributed by atoms with Crippen LogP contribution < -0.4 is 0 Å². The van der Waals surface area contributed by atoms with Gasteiger partial charge < -0.3 is 9.67 Å². The zero-order valence-electron chi connectivity index (χ0n) is 12.3. The molecule has 1 N–H and O–H groups in total. The van der Waals surface area contributed by atoms with E-state index in [4.69, 9.17) is 5.11 Å². The molecule has 2 aromatic rings. The highest BCUT2D eigenvalue weighted by molar-refractivity contribution is 5.86. The Kier molecular flexibility index (Phi) is 3.08. The van der Waals surface area contributed by atoms with E-state index in [1.807, 2.05) is 0 Å². The number of nitrogens with zero attached hydrogens (tertiary/aromatic N) is 1. The van der Waals surface area contributed by atoms with Crippen LogP contribution in [0.15, 0.2) is 18.2 Å². The fourth-order valence-electron chi connectivity index (χ4n) is 3.24. The lowest BCUT2D eigenvalue weighted by Crippen LogP contribution is -2.08. The Balaban J connectivity index is 2.07. The van der Waals surface area contributed by atoms with Gasteiger partial charge in [-0.25, -0.2) is 0 Å². The Bertz CT molecular complexity index is 680. The van der Waals surface area contributed by atoms with E-state index in [9.17, 15) is 4.79 Å². The quantitative estimate of drug-likeness (QED) is 0.920. The molecule has 1 aliphatic rings. The minimum Gasteiger partial charge on any atom is -0.481 e. The molecule has 0 saturated heterocycles. The first-order chi connectivity index (χ1) is 9.49. The number of hydrogen-bond donors (Lipinski definition) is 1.